The normalized spacial score (nSPS) is 9.07. The molecule has 76 valence electrons. The van der Waals surface area contributed by atoms with Crippen LogP contribution in [0.2, 0.25) is 0 Å². The topological polar surface area (TPSA) is 57.0 Å². The van der Waals surface area contributed by atoms with Gasteiger partial charge in [-0.25, -0.2) is 4.98 Å². The van der Waals surface area contributed by atoms with Crippen LogP contribution in [0.1, 0.15) is 12.5 Å². The summed E-state index contributed by atoms with van der Waals surface area (Å²) in [4.78, 5) is 16.9. The first kappa shape index (κ1) is 10.9. The van der Waals surface area contributed by atoms with Crippen molar-refractivity contribution in [3.63, 3.8) is 0 Å². The Balaban J connectivity index is 2.98. The molecule has 1 aromatic rings. The summed E-state index contributed by atoms with van der Waals surface area (Å²) in [6.45, 7) is 5.78. The van der Waals surface area contributed by atoms with Crippen molar-refractivity contribution in [2.75, 3.05) is 11.4 Å². The molecule has 0 saturated heterocycles. The van der Waals surface area contributed by atoms with Crippen LogP contribution in [0.5, 0.6) is 0 Å². The zero-order valence-corrected chi connectivity index (χ0v) is 8.47. The lowest BCUT2D eigenvalue weighted by atomic mass is 10.3. The number of likely N-dealkylation sites (N-methyl/N-ethyl adjacent to an activating group) is 1. The minimum absolute atomic E-state index is 0.199. The molecule has 1 heterocycles. The fourth-order valence-corrected chi connectivity index (χ4v) is 1.15. The maximum atomic E-state index is 11.4. The molecule has 0 N–H and O–H groups in total. The molecule has 1 amide bonds. The number of carbonyl (C=O) groups is 1. The third-order valence-electron chi connectivity index (χ3n) is 1.91. The highest BCUT2D eigenvalue weighted by Gasteiger charge is 2.11. The molecule has 0 aliphatic rings. The summed E-state index contributed by atoms with van der Waals surface area (Å²) < 4.78 is 0. The number of hydrogen-bond donors (Lipinski definition) is 0. The maximum absolute atomic E-state index is 11.4. The lowest BCUT2D eigenvalue weighted by Crippen LogP contribution is -2.29. The highest BCUT2D eigenvalue weighted by atomic mass is 16.2. The van der Waals surface area contributed by atoms with Crippen LogP contribution in [0.3, 0.4) is 0 Å². The van der Waals surface area contributed by atoms with Gasteiger partial charge in [0.05, 0.1) is 5.56 Å². The highest BCUT2D eigenvalue weighted by Crippen LogP contribution is 2.11. The number of pyridine rings is 1. The maximum Gasteiger partial charge on any atom is 0.251 e. The molecule has 0 fully saturated rings. The Labute approximate surface area is 88.5 Å². The smallest absolute Gasteiger partial charge is 0.251 e. The minimum atomic E-state index is -0.199. The summed E-state index contributed by atoms with van der Waals surface area (Å²) >= 11 is 0. The van der Waals surface area contributed by atoms with Gasteiger partial charge in [-0.05, 0) is 25.1 Å². The van der Waals surface area contributed by atoms with Gasteiger partial charge in [0.15, 0.2) is 0 Å². The summed E-state index contributed by atoms with van der Waals surface area (Å²) in [6, 6.07) is 5.24. The molecule has 0 aliphatic heterocycles. The van der Waals surface area contributed by atoms with E-state index in [9.17, 15) is 4.79 Å². The monoisotopic (exact) mass is 201 g/mol. The van der Waals surface area contributed by atoms with Crippen molar-refractivity contribution >= 4 is 11.7 Å². The number of nitrogens with zero attached hydrogens (tertiary/aromatic N) is 3. The molecule has 0 atom stereocenters. The van der Waals surface area contributed by atoms with Gasteiger partial charge < -0.3 is 0 Å². The van der Waals surface area contributed by atoms with Gasteiger partial charge in [0, 0.05) is 12.7 Å². The number of hydrogen-bond acceptors (Lipinski definition) is 3. The molecule has 0 bridgehead atoms. The number of amides is 1. The number of anilines is 1. The third kappa shape index (κ3) is 2.41. The number of aromatic nitrogens is 1. The molecule has 0 aromatic carbocycles. The average Bonchev–Trinajstić information content (AvgIpc) is 2.30. The number of carbonyl (C=O) groups excluding carboxylic acids is 1. The van der Waals surface area contributed by atoms with E-state index in [1.54, 1.807) is 12.1 Å². The van der Waals surface area contributed by atoms with Crippen molar-refractivity contribution in [3.05, 3.63) is 36.5 Å². The van der Waals surface area contributed by atoms with E-state index in [4.69, 9.17) is 5.26 Å². The fourth-order valence-electron chi connectivity index (χ4n) is 1.15. The lowest BCUT2D eigenvalue weighted by Gasteiger charge is -2.17. The first-order valence-electron chi connectivity index (χ1n) is 4.53. The number of nitriles is 1. The molecule has 0 radical (unpaired) electrons. The second-order valence-corrected chi connectivity index (χ2v) is 2.80. The molecular formula is C11H11N3O. The zero-order chi connectivity index (χ0) is 11.3. The van der Waals surface area contributed by atoms with Crippen molar-refractivity contribution in [2.45, 2.75) is 6.92 Å². The van der Waals surface area contributed by atoms with Crippen LogP contribution >= 0.6 is 0 Å². The van der Waals surface area contributed by atoms with E-state index < -0.39 is 0 Å². The van der Waals surface area contributed by atoms with E-state index in [2.05, 4.69) is 11.6 Å². The molecule has 0 unspecified atom stereocenters. The quantitative estimate of drug-likeness (QED) is 0.696. The van der Waals surface area contributed by atoms with Crippen LogP contribution in [0.25, 0.3) is 0 Å². The first-order valence-corrected chi connectivity index (χ1v) is 4.53. The Kier molecular flexibility index (Phi) is 3.58. The van der Waals surface area contributed by atoms with Crippen molar-refractivity contribution in [2.24, 2.45) is 0 Å². The largest absolute Gasteiger partial charge is 0.294 e. The van der Waals surface area contributed by atoms with Gasteiger partial charge in [0.2, 0.25) is 0 Å². The van der Waals surface area contributed by atoms with Gasteiger partial charge in [-0.3, -0.25) is 9.69 Å². The summed E-state index contributed by atoms with van der Waals surface area (Å²) in [5.41, 5.74) is 0.473. The standard InChI is InChI=1S/C11H11N3O/c1-3-11(15)14(4-2)10-6-5-9(7-12)8-13-10/h3,5-6,8H,1,4H2,2H3. The predicted octanol–water partition coefficient (Wildman–Crippen LogP) is 1.49. The Morgan fingerprint density at radius 1 is 1.73 bits per heavy atom. The first-order chi connectivity index (χ1) is 7.22. The van der Waals surface area contributed by atoms with Gasteiger partial charge in [-0.15, -0.1) is 0 Å². The Morgan fingerprint density at radius 3 is 2.87 bits per heavy atom. The summed E-state index contributed by atoms with van der Waals surface area (Å²) in [7, 11) is 0. The van der Waals surface area contributed by atoms with Crippen molar-refractivity contribution < 1.29 is 4.79 Å². The van der Waals surface area contributed by atoms with E-state index in [1.165, 1.54) is 17.2 Å². The SMILES string of the molecule is C=CC(=O)N(CC)c1ccc(C#N)cn1. The molecule has 1 rings (SSSR count). The molecular weight excluding hydrogens is 190 g/mol. The molecule has 0 spiro atoms. The van der Waals surface area contributed by atoms with Crippen LogP contribution in [-0.2, 0) is 4.79 Å². The Bertz CT molecular complexity index is 403. The summed E-state index contributed by atoms with van der Waals surface area (Å²) in [5, 5.41) is 8.59. The Morgan fingerprint density at radius 2 is 2.47 bits per heavy atom. The van der Waals surface area contributed by atoms with E-state index >= 15 is 0 Å². The molecule has 4 heteroatoms. The van der Waals surface area contributed by atoms with Crippen molar-refractivity contribution in [3.8, 4) is 6.07 Å². The van der Waals surface area contributed by atoms with Gasteiger partial charge in [-0.2, -0.15) is 5.26 Å². The predicted molar refractivity (Wildman–Crippen MR) is 57.2 cm³/mol. The van der Waals surface area contributed by atoms with Gasteiger partial charge in [-0.1, -0.05) is 6.58 Å². The van der Waals surface area contributed by atoms with E-state index in [0.29, 0.717) is 17.9 Å². The van der Waals surface area contributed by atoms with Crippen molar-refractivity contribution in [1.29, 1.82) is 5.26 Å². The lowest BCUT2D eigenvalue weighted by molar-refractivity contribution is -0.114. The minimum Gasteiger partial charge on any atom is -0.294 e. The van der Waals surface area contributed by atoms with Gasteiger partial charge in [0.1, 0.15) is 11.9 Å². The van der Waals surface area contributed by atoms with Crippen LogP contribution in [0.15, 0.2) is 31.0 Å². The van der Waals surface area contributed by atoms with Crippen LogP contribution in [0, 0.1) is 11.3 Å². The molecule has 0 aliphatic carbocycles. The fraction of sp³-hybridized carbons (Fsp3) is 0.182. The Hall–Kier alpha value is -2.15. The second-order valence-electron chi connectivity index (χ2n) is 2.80. The average molecular weight is 201 g/mol. The third-order valence-corrected chi connectivity index (χ3v) is 1.91. The van der Waals surface area contributed by atoms with E-state index in [0.717, 1.165) is 0 Å². The highest BCUT2D eigenvalue weighted by molar-refractivity contribution is 6.00. The number of rotatable bonds is 3. The van der Waals surface area contributed by atoms with Gasteiger partial charge >= 0.3 is 0 Å². The van der Waals surface area contributed by atoms with Gasteiger partial charge in [0.25, 0.3) is 5.91 Å². The van der Waals surface area contributed by atoms with Crippen molar-refractivity contribution in [1.82, 2.24) is 4.98 Å². The van der Waals surface area contributed by atoms with E-state index in [-0.39, 0.29) is 5.91 Å². The summed E-state index contributed by atoms with van der Waals surface area (Å²) in [5.74, 6) is 0.330. The summed E-state index contributed by atoms with van der Waals surface area (Å²) in [6.07, 6.45) is 2.68. The molecule has 4 nitrogen and oxygen atoms in total. The molecule has 0 saturated carbocycles. The van der Waals surface area contributed by atoms with Crippen LogP contribution in [-0.4, -0.2) is 17.4 Å². The molecule has 15 heavy (non-hydrogen) atoms. The van der Waals surface area contributed by atoms with Crippen LogP contribution < -0.4 is 4.90 Å². The second kappa shape index (κ2) is 4.91. The zero-order valence-electron chi connectivity index (χ0n) is 8.47. The van der Waals surface area contributed by atoms with Crippen LogP contribution in [0.4, 0.5) is 5.82 Å². The molecule has 1 aromatic heterocycles. The van der Waals surface area contributed by atoms with E-state index in [1.807, 2.05) is 13.0 Å².